The van der Waals surface area contributed by atoms with E-state index in [1.54, 1.807) is 5.48 Å². The molecule has 1 aromatic rings. The van der Waals surface area contributed by atoms with Crippen molar-refractivity contribution in [3.63, 3.8) is 0 Å². The van der Waals surface area contributed by atoms with E-state index in [9.17, 15) is 19.2 Å². The van der Waals surface area contributed by atoms with Crippen LogP contribution >= 0.6 is 0 Å². The number of nitrogens with zero attached hydrogens (tertiary/aromatic N) is 1. The first-order valence-corrected chi connectivity index (χ1v) is 14.0. The number of rotatable bonds is 20. The number of hydrogen-bond donors (Lipinski definition) is 4. The molecule has 0 aromatic heterocycles. The first kappa shape index (κ1) is 33.1. The van der Waals surface area contributed by atoms with E-state index >= 15 is 0 Å². The zero-order chi connectivity index (χ0) is 28.3. The van der Waals surface area contributed by atoms with Crippen LogP contribution in [0.3, 0.4) is 0 Å². The minimum absolute atomic E-state index is 0.101. The summed E-state index contributed by atoms with van der Waals surface area (Å²) < 4.78 is 0. The lowest BCUT2D eigenvalue weighted by Crippen LogP contribution is -2.49. The molecule has 2 unspecified atom stereocenters. The van der Waals surface area contributed by atoms with E-state index in [-0.39, 0.29) is 31.2 Å². The van der Waals surface area contributed by atoms with Crippen molar-refractivity contribution in [1.29, 1.82) is 0 Å². The molecule has 9 heteroatoms. The largest absolute Gasteiger partial charge is 0.368 e. The van der Waals surface area contributed by atoms with E-state index in [1.807, 2.05) is 44.2 Å². The van der Waals surface area contributed by atoms with E-state index in [4.69, 9.17) is 10.9 Å². The van der Waals surface area contributed by atoms with Crippen LogP contribution in [0, 0.1) is 11.8 Å². The van der Waals surface area contributed by atoms with Gasteiger partial charge in [0.25, 0.3) is 5.91 Å². The molecule has 0 fully saturated rings. The zero-order valence-electron chi connectivity index (χ0n) is 23.4. The molecule has 0 bridgehead atoms. The number of carbonyl (C=O) groups is 4. The maximum absolute atomic E-state index is 13.2. The SMILES string of the molecule is CCCCCCCCCCN(CC(=O)NO)C(=O)CC(CC(C)C)C(=O)NC(Cc1ccccc1)C(N)=O. The van der Waals surface area contributed by atoms with Gasteiger partial charge in [0.2, 0.25) is 17.7 Å². The van der Waals surface area contributed by atoms with Crippen LogP contribution in [-0.4, -0.2) is 52.9 Å². The third kappa shape index (κ3) is 14.1. The average molecular weight is 533 g/mol. The van der Waals surface area contributed by atoms with Gasteiger partial charge in [-0.2, -0.15) is 0 Å². The van der Waals surface area contributed by atoms with Crippen molar-refractivity contribution in [2.75, 3.05) is 13.1 Å². The molecule has 1 aromatic carbocycles. The molecule has 0 aliphatic heterocycles. The Labute approximate surface area is 227 Å². The van der Waals surface area contributed by atoms with Gasteiger partial charge in [-0.15, -0.1) is 0 Å². The fourth-order valence-electron chi connectivity index (χ4n) is 4.49. The molecule has 0 aliphatic rings. The van der Waals surface area contributed by atoms with Gasteiger partial charge < -0.3 is 16.0 Å². The lowest BCUT2D eigenvalue weighted by atomic mass is 9.92. The van der Waals surface area contributed by atoms with Crippen LogP contribution in [0.25, 0.3) is 0 Å². The van der Waals surface area contributed by atoms with Crippen LogP contribution < -0.4 is 16.5 Å². The molecule has 0 spiro atoms. The monoisotopic (exact) mass is 532 g/mol. The molecule has 1 rings (SSSR count). The summed E-state index contributed by atoms with van der Waals surface area (Å²) in [7, 11) is 0. The first-order valence-electron chi connectivity index (χ1n) is 14.0. The molecule has 2 atom stereocenters. The van der Waals surface area contributed by atoms with Crippen LogP contribution in [0.2, 0.25) is 0 Å². The predicted molar refractivity (Wildman–Crippen MR) is 148 cm³/mol. The fraction of sp³-hybridized carbons (Fsp3) is 0.655. The van der Waals surface area contributed by atoms with Gasteiger partial charge in [0.1, 0.15) is 12.6 Å². The topological polar surface area (TPSA) is 142 Å². The van der Waals surface area contributed by atoms with Gasteiger partial charge >= 0.3 is 0 Å². The van der Waals surface area contributed by atoms with Gasteiger partial charge in [-0.1, -0.05) is 96.0 Å². The minimum Gasteiger partial charge on any atom is -0.368 e. The van der Waals surface area contributed by atoms with Crippen molar-refractivity contribution in [3.8, 4) is 0 Å². The molecule has 0 saturated heterocycles. The number of hydrogen-bond acceptors (Lipinski definition) is 5. The Morgan fingerprint density at radius 1 is 0.947 bits per heavy atom. The summed E-state index contributed by atoms with van der Waals surface area (Å²) in [6.07, 6.45) is 9.36. The number of benzene rings is 1. The Bertz CT molecular complexity index is 847. The van der Waals surface area contributed by atoms with Crippen molar-refractivity contribution in [2.45, 2.75) is 97.4 Å². The van der Waals surface area contributed by atoms with Crippen LogP contribution in [-0.2, 0) is 25.6 Å². The van der Waals surface area contributed by atoms with E-state index < -0.39 is 29.7 Å². The number of amides is 4. The highest BCUT2D eigenvalue weighted by atomic mass is 16.5. The van der Waals surface area contributed by atoms with Crippen molar-refractivity contribution in [1.82, 2.24) is 15.7 Å². The van der Waals surface area contributed by atoms with Crippen LogP contribution in [0.5, 0.6) is 0 Å². The van der Waals surface area contributed by atoms with E-state index in [0.29, 0.717) is 13.0 Å². The van der Waals surface area contributed by atoms with Crippen molar-refractivity contribution in [2.24, 2.45) is 17.6 Å². The Kier molecular flexibility index (Phi) is 16.7. The molecule has 0 saturated carbocycles. The third-order valence-electron chi connectivity index (χ3n) is 6.58. The molecule has 38 heavy (non-hydrogen) atoms. The van der Waals surface area contributed by atoms with E-state index in [1.165, 1.54) is 30.6 Å². The van der Waals surface area contributed by atoms with Gasteiger partial charge in [-0.3, -0.25) is 24.4 Å². The van der Waals surface area contributed by atoms with E-state index in [0.717, 1.165) is 31.2 Å². The lowest BCUT2D eigenvalue weighted by Gasteiger charge is -2.26. The standard InChI is InChI=1S/C29H48N4O5/c1-4-5-6-7-8-9-10-14-17-33(21-26(34)32-38)27(35)20-24(18-22(2)3)29(37)31-25(28(30)36)19-23-15-12-11-13-16-23/h11-13,15-16,22,24-25,38H,4-10,14,17-21H2,1-3H3,(H2,30,36)(H,31,37)(H,32,34). The number of unbranched alkanes of at least 4 members (excludes halogenated alkanes) is 7. The summed E-state index contributed by atoms with van der Waals surface area (Å²) in [4.78, 5) is 51.8. The predicted octanol–water partition coefficient (Wildman–Crippen LogP) is 3.73. The molecule has 5 N–H and O–H groups in total. The fourth-order valence-corrected chi connectivity index (χ4v) is 4.49. The molecule has 0 radical (unpaired) electrons. The molecule has 214 valence electrons. The summed E-state index contributed by atoms with van der Waals surface area (Å²) in [5.74, 6) is -2.63. The maximum Gasteiger partial charge on any atom is 0.262 e. The number of primary amides is 1. The molecule has 0 heterocycles. The molecular weight excluding hydrogens is 484 g/mol. The summed E-state index contributed by atoms with van der Waals surface area (Å²) >= 11 is 0. The number of nitrogens with two attached hydrogens (primary N) is 1. The highest BCUT2D eigenvalue weighted by Gasteiger charge is 2.29. The Balaban J connectivity index is 2.80. The number of carbonyl (C=O) groups excluding carboxylic acids is 4. The highest BCUT2D eigenvalue weighted by molar-refractivity contribution is 5.91. The lowest BCUT2D eigenvalue weighted by molar-refractivity contribution is -0.141. The summed E-state index contributed by atoms with van der Waals surface area (Å²) in [6.45, 7) is 6.19. The first-order chi connectivity index (χ1) is 18.2. The minimum atomic E-state index is -0.900. The zero-order valence-corrected chi connectivity index (χ0v) is 23.4. The molecular formula is C29H48N4O5. The van der Waals surface area contributed by atoms with Crippen LogP contribution in [0.15, 0.2) is 30.3 Å². The van der Waals surface area contributed by atoms with Crippen LogP contribution in [0.4, 0.5) is 0 Å². The van der Waals surface area contributed by atoms with Crippen molar-refractivity contribution < 1.29 is 24.4 Å². The van der Waals surface area contributed by atoms with E-state index in [2.05, 4.69) is 12.2 Å². The van der Waals surface area contributed by atoms with Gasteiger partial charge in [-0.25, -0.2) is 5.48 Å². The smallest absolute Gasteiger partial charge is 0.262 e. The molecule has 9 nitrogen and oxygen atoms in total. The third-order valence-corrected chi connectivity index (χ3v) is 6.58. The quantitative estimate of drug-likeness (QED) is 0.115. The van der Waals surface area contributed by atoms with Gasteiger partial charge in [0.05, 0.1) is 0 Å². The van der Waals surface area contributed by atoms with Gasteiger partial charge in [-0.05, 0) is 24.3 Å². The Hall–Kier alpha value is -2.94. The molecule has 0 aliphatic carbocycles. The summed E-state index contributed by atoms with van der Waals surface area (Å²) in [5, 5.41) is 11.7. The van der Waals surface area contributed by atoms with Gasteiger partial charge in [0, 0.05) is 25.3 Å². The van der Waals surface area contributed by atoms with Crippen molar-refractivity contribution in [3.05, 3.63) is 35.9 Å². The second kappa shape index (κ2) is 19.2. The molecule has 4 amide bonds. The summed E-state index contributed by atoms with van der Waals surface area (Å²) in [5.41, 5.74) is 8.02. The Morgan fingerprint density at radius 2 is 1.55 bits per heavy atom. The Morgan fingerprint density at radius 3 is 2.11 bits per heavy atom. The average Bonchev–Trinajstić information content (AvgIpc) is 2.88. The second-order valence-electron chi connectivity index (χ2n) is 10.5. The van der Waals surface area contributed by atoms with Crippen molar-refractivity contribution >= 4 is 23.6 Å². The van der Waals surface area contributed by atoms with Crippen LogP contribution in [0.1, 0.15) is 90.5 Å². The van der Waals surface area contributed by atoms with Gasteiger partial charge in [0.15, 0.2) is 0 Å². The number of hydroxylamine groups is 1. The summed E-state index contributed by atoms with van der Waals surface area (Å²) in [6, 6.07) is 8.36. The number of nitrogens with one attached hydrogen (secondary N) is 2. The normalized spacial score (nSPS) is 12.6. The highest BCUT2D eigenvalue weighted by Crippen LogP contribution is 2.19. The second-order valence-corrected chi connectivity index (χ2v) is 10.5. The maximum atomic E-state index is 13.2.